The van der Waals surface area contributed by atoms with Crippen LogP contribution in [0.5, 0.6) is 5.75 Å². The molecule has 3 aliphatic carbocycles. The molecule has 160 valence electrons. The summed E-state index contributed by atoms with van der Waals surface area (Å²) in [5.74, 6) is -0.0262. The Labute approximate surface area is 176 Å². The van der Waals surface area contributed by atoms with Crippen LogP contribution < -0.4 is 4.74 Å². The number of aryl methyl sites for hydroxylation is 1. The minimum absolute atomic E-state index is 0.247. The molecule has 1 N–H and O–H groups in total. The Hall–Kier alpha value is -2.63. The lowest BCUT2D eigenvalue weighted by Gasteiger charge is -2.50. The van der Waals surface area contributed by atoms with E-state index in [1.165, 1.54) is 31.1 Å². The predicted octanol–water partition coefficient (Wildman–Crippen LogP) is 4.02. The van der Waals surface area contributed by atoms with Crippen molar-refractivity contribution in [2.45, 2.75) is 64.9 Å². The lowest BCUT2D eigenvalue weighted by Crippen LogP contribution is -2.45. The zero-order valence-electron chi connectivity index (χ0n) is 17.6. The fraction of sp³-hybridized carbons (Fsp3) is 0.542. The van der Waals surface area contributed by atoms with Crippen molar-refractivity contribution in [2.24, 2.45) is 17.3 Å². The SMILES string of the molecule is CC(=O)Oc1ccc2c(c1)CCC1C2CCC2(C)C(OC(C)=O)/C(=C\C(=O)O)CC12. The van der Waals surface area contributed by atoms with E-state index in [2.05, 4.69) is 13.0 Å². The number of carbonyl (C=O) groups is 3. The third kappa shape index (κ3) is 3.53. The van der Waals surface area contributed by atoms with Crippen molar-refractivity contribution < 1.29 is 29.0 Å². The highest BCUT2D eigenvalue weighted by Gasteiger charge is 2.58. The smallest absolute Gasteiger partial charge is 0.328 e. The molecule has 0 spiro atoms. The van der Waals surface area contributed by atoms with Gasteiger partial charge in [0.15, 0.2) is 0 Å². The first-order valence-electron chi connectivity index (χ1n) is 10.6. The topological polar surface area (TPSA) is 89.9 Å². The van der Waals surface area contributed by atoms with Gasteiger partial charge < -0.3 is 14.6 Å². The second-order valence-corrected chi connectivity index (χ2v) is 9.17. The van der Waals surface area contributed by atoms with E-state index in [0.717, 1.165) is 31.3 Å². The molecule has 6 heteroatoms. The van der Waals surface area contributed by atoms with Gasteiger partial charge in [-0.3, -0.25) is 9.59 Å². The molecule has 6 nitrogen and oxygen atoms in total. The van der Waals surface area contributed by atoms with Crippen LogP contribution in [0, 0.1) is 17.3 Å². The summed E-state index contributed by atoms with van der Waals surface area (Å²) in [4.78, 5) is 34.4. The van der Waals surface area contributed by atoms with Gasteiger partial charge in [0.25, 0.3) is 0 Å². The summed E-state index contributed by atoms with van der Waals surface area (Å²) < 4.78 is 10.9. The minimum atomic E-state index is -0.993. The zero-order chi connectivity index (χ0) is 21.6. The number of hydrogen-bond acceptors (Lipinski definition) is 5. The van der Waals surface area contributed by atoms with Crippen molar-refractivity contribution >= 4 is 17.9 Å². The number of esters is 2. The van der Waals surface area contributed by atoms with Crippen LogP contribution in [0.2, 0.25) is 0 Å². The van der Waals surface area contributed by atoms with Crippen molar-refractivity contribution in [3.8, 4) is 5.75 Å². The molecule has 5 unspecified atom stereocenters. The van der Waals surface area contributed by atoms with E-state index in [1.54, 1.807) is 0 Å². The average Bonchev–Trinajstić information content (AvgIpc) is 2.92. The fourth-order valence-electron chi connectivity index (χ4n) is 6.30. The molecule has 30 heavy (non-hydrogen) atoms. The number of rotatable bonds is 3. The van der Waals surface area contributed by atoms with Gasteiger partial charge in [-0.25, -0.2) is 4.79 Å². The van der Waals surface area contributed by atoms with Crippen LogP contribution in [0.4, 0.5) is 0 Å². The first kappa shape index (κ1) is 20.6. The summed E-state index contributed by atoms with van der Waals surface area (Å²) in [6, 6.07) is 5.93. The molecule has 0 saturated heterocycles. The molecule has 2 saturated carbocycles. The van der Waals surface area contributed by atoms with E-state index in [1.807, 2.05) is 12.1 Å². The van der Waals surface area contributed by atoms with E-state index in [-0.39, 0.29) is 23.3 Å². The lowest BCUT2D eigenvalue weighted by atomic mass is 9.55. The molecule has 0 aliphatic heterocycles. The van der Waals surface area contributed by atoms with E-state index < -0.39 is 12.1 Å². The molecule has 0 bridgehead atoms. The molecule has 3 aliphatic rings. The van der Waals surface area contributed by atoms with Gasteiger partial charge in [-0.2, -0.15) is 0 Å². The third-order valence-corrected chi connectivity index (χ3v) is 7.38. The summed E-state index contributed by atoms with van der Waals surface area (Å²) in [5.41, 5.74) is 3.02. The fourth-order valence-corrected chi connectivity index (χ4v) is 6.30. The summed E-state index contributed by atoms with van der Waals surface area (Å²) in [7, 11) is 0. The Bertz CT molecular complexity index is 932. The molecule has 5 atom stereocenters. The number of hydrogen-bond donors (Lipinski definition) is 1. The summed E-state index contributed by atoms with van der Waals surface area (Å²) in [5, 5.41) is 9.34. The van der Waals surface area contributed by atoms with E-state index in [0.29, 0.717) is 24.0 Å². The molecular weight excluding hydrogens is 384 g/mol. The van der Waals surface area contributed by atoms with E-state index in [4.69, 9.17) is 9.47 Å². The van der Waals surface area contributed by atoms with Crippen molar-refractivity contribution in [3.63, 3.8) is 0 Å². The van der Waals surface area contributed by atoms with Crippen molar-refractivity contribution in [3.05, 3.63) is 41.0 Å². The van der Waals surface area contributed by atoms with Gasteiger partial charge in [-0.15, -0.1) is 0 Å². The number of aliphatic carboxylic acids is 1. The van der Waals surface area contributed by atoms with Crippen LogP contribution in [0.3, 0.4) is 0 Å². The average molecular weight is 412 g/mol. The van der Waals surface area contributed by atoms with Crippen LogP contribution in [-0.2, 0) is 25.5 Å². The number of carboxylic acid groups (broad SMARTS) is 1. The molecule has 4 rings (SSSR count). The molecule has 2 fully saturated rings. The molecule has 0 amide bonds. The van der Waals surface area contributed by atoms with Crippen molar-refractivity contribution in [1.29, 1.82) is 0 Å². The van der Waals surface area contributed by atoms with Gasteiger partial charge in [0.2, 0.25) is 0 Å². The number of fused-ring (bicyclic) bond motifs is 5. The lowest BCUT2D eigenvalue weighted by molar-refractivity contribution is -0.152. The van der Waals surface area contributed by atoms with Gasteiger partial charge in [-0.05, 0) is 78.7 Å². The van der Waals surface area contributed by atoms with Gasteiger partial charge in [0.05, 0.1) is 0 Å². The highest BCUT2D eigenvalue weighted by molar-refractivity contribution is 5.81. The van der Waals surface area contributed by atoms with Gasteiger partial charge >= 0.3 is 17.9 Å². The van der Waals surface area contributed by atoms with E-state index in [9.17, 15) is 19.5 Å². The summed E-state index contributed by atoms with van der Waals surface area (Å²) in [6.45, 7) is 4.95. The first-order chi connectivity index (χ1) is 14.2. The van der Waals surface area contributed by atoms with Crippen LogP contribution in [0.25, 0.3) is 0 Å². The maximum atomic E-state index is 11.8. The molecule has 0 radical (unpaired) electrons. The van der Waals surface area contributed by atoms with Crippen molar-refractivity contribution in [1.82, 2.24) is 0 Å². The largest absolute Gasteiger partial charge is 0.478 e. The number of ether oxygens (including phenoxy) is 2. The Morgan fingerprint density at radius 3 is 2.60 bits per heavy atom. The maximum Gasteiger partial charge on any atom is 0.328 e. The molecular formula is C24H28O6. The standard InChI is InChI=1S/C24H28O6/c1-13(25)29-17-5-7-18-15(10-17)4-6-20-19(18)8-9-24(3)21(20)11-16(12-22(27)28)23(24)30-14(2)26/h5,7,10,12,19-21,23H,4,6,8-9,11H2,1-3H3,(H,27,28)/b16-12-. The second-order valence-electron chi connectivity index (χ2n) is 9.17. The number of carboxylic acids is 1. The Morgan fingerprint density at radius 2 is 1.93 bits per heavy atom. The quantitative estimate of drug-likeness (QED) is 0.458. The second kappa shape index (κ2) is 7.56. The summed E-state index contributed by atoms with van der Waals surface area (Å²) in [6.07, 6.45) is 5.17. The third-order valence-electron chi connectivity index (χ3n) is 7.38. The minimum Gasteiger partial charge on any atom is -0.478 e. The molecule has 1 aromatic rings. The maximum absolute atomic E-state index is 11.8. The van der Waals surface area contributed by atoms with Gasteiger partial charge in [0, 0.05) is 25.3 Å². The number of carbonyl (C=O) groups excluding carboxylic acids is 2. The molecule has 0 aromatic heterocycles. The Morgan fingerprint density at radius 1 is 1.17 bits per heavy atom. The predicted molar refractivity (Wildman–Crippen MR) is 109 cm³/mol. The molecule has 0 heterocycles. The van der Waals surface area contributed by atoms with Gasteiger partial charge in [-0.1, -0.05) is 13.0 Å². The first-order valence-corrected chi connectivity index (χ1v) is 10.6. The Kier molecular flexibility index (Phi) is 5.20. The zero-order valence-corrected chi connectivity index (χ0v) is 17.6. The normalized spacial score (nSPS) is 33.2. The summed E-state index contributed by atoms with van der Waals surface area (Å²) >= 11 is 0. The van der Waals surface area contributed by atoms with Crippen LogP contribution in [0.15, 0.2) is 29.8 Å². The monoisotopic (exact) mass is 412 g/mol. The van der Waals surface area contributed by atoms with Crippen LogP contribution in [-0.4, -0.2) is 29.1 Å². The highest BCUT2D eigenvalue weighted by Crippen LogP contribution is 2.63. The van der Waals surface area contributed by atoms with Crippen LogP contribution >= 0.6 is 0 Å². The highest BCUT2D eigenvalue weighted by atomic mass is 16.5. The molecule has 1 aromatic carbocycles. The Balaban J connectivity index is 1.66. The van der Waals surface area contributed by atoms with Crippen LogP contribution in [0.1, 0.15) is 63.5 Å². The van der Waals surface area contributed by atoms with E-state index >= 15 is 0 Å². The van der Waals surface area contributed by atoms with Gasteiger partial charge in [0.1, 0.15) is 11.9 Å². The van der Waals surface area contributed by atoms with Crippen molar-refractivity contribution in [2.75, 3.05) is 0 Å². The number of benzene rings is 1.